The van der Waals surface area contributed by atoms with Gasteiger partial charge in [-0.25, -0.2) is 4.98 Å². The van der Waals surface area contributed by atoms with E-state index >= 15 is 0 Å². The summed E-state index contributed by atoms with van der Waals surface area (Å²) in [7, 11) is 0. The molecule has 4 N–H and O–H groups in total. The third-order valence-electron chi connectivity index (χ3n) is 3.19. The fourth-order valence-electron chi connectivity index (χ4n) is 2.37. The summed E-state index contributed by atoms with van der Waals surface area (Å²) >= 11 is 1.46. The Kier molecular flexibility index (Phi) is 3.63. The average Bonchev–Trinajstić information content (AvgIpc) is 2.95. The van der Waals surface area contributed by atoms with Crippen LogP contribution in [-0.2, 0) is 9.59 Å². The summed E-state index contributed by atoms with van der Waals surface area (Å²) in [6, 6.07) is -1.26. The molecule has 2 amide bonds. The number of amides is 2. The number of hydrogen-bond donors (Lipinski definition) is 2. The van der Waals surface area contributed by atoms with Crippen LogP contribution in [0.15, 0.2) is 10.9 Å². The largest absolute Gasteiger partial charge is 0.368 e. The Bertz CT molecular complexity index is 446. The van der Waals surface area contributed by atoms with Crippen molar-refractivity contribution in [1.29, 1.82) is 0 Å². The predicted octanol–water partition coefficient (Wildman–Crippen LogP) is -0.340. The summed E-state index contributed by atoms with van der Waals surface area (Å²) in [4.78, 5) is 29.3. The van der Waals surface area contributed by atoms with Gasteiger partial charge in [0, 0.05) is 17.8 Å². The first kappa shape index (κ1) is 13.0. The summed E-state index contributed by atoms with van der Waals surface area (Å²) in [6.07, 6.45) is 0.690. The molecule has 0 saturated carbocycles. The smallest absolute Gasteiger partial charge is 0.240 e. The third-order valence-corrected chi connectivity index (χ3v) is 3.80. The van der Waals surface area contributed by atoms with Gasteiger partial charge in [0.05, 0.1) is 17.2 Å². The highest BCUT2D eigenvalue weighted by atomic mass is 32.1. The van der Waals surface area contributed by atoms with E-state index in [0.29, 0.717) is 13.0 Å². The molecule has 6 nitrogen and oxygen atoms in total. The number of carbonyl (C=O) groups excluding carboxylic acids is 2. The van der Waals surface area contributed by atoms with Crippen molar-refractivity contribution >= 4 is 23.2 Å². The van der Waals surface area contributed by atoms with E-state index in [9.17, 15) is 9.59 Å². The maximum atomic E-state index is 12.0. The molecule has 0 bridgehead atoms. The SMILES string of the molecule is C[C@H](N)C(=O)N1CCC(c2cscn2)[C@H]1C(N)=O. The lowest BCUT2D eigenvalue weighted by molar-refractivity contribution is -0.138. The van der Waals surface area contributed by atoms with Crippen molar-refractivity contribution < 1.29 is 9.59 Å². The molecule has 0 radical (unpaired) electrons. The zero-order valence-corrected chi connectivity index (χ0v) is 10.9. The monoisotopic (exact) mass is 268 g/mol. The Balaban J connectivity index is 2.26. The highest BCUT2D eigenvalue weighted by Gasteiger charge is 2.42. The van der Waals surface area contributed by atoms with Gasteiger partial charge in [0.25, 0.3) is 0 Å². The summed E-state index contributed by atoms with van der Waals surface area (Å²) < 4.78 is 0. The average molecular weight is 268 g/mol. The number of carbonyl (C=O) groups is 2. The quantitative estimate of drug-likeness (QED) is 0.782. The minimum atomic E-state index is -0.634. The van der Waals surface area contributed by atoms with E-state index in [-0.39, 0.29) is 11.8 Å². The molecule has 2 heterocycles. The zero-order chi connectivity index (χ0) is 13.3. The highest BCUT2D eigenvalue weighted by Crippen LogP contribution is 2.33. The molecule has 0 aliphatic carbocycles. The molecule has 7 heteroatoms. The van der Waals surface area contributed by atoms with Crippen LogP contribution < -0.4 is 11.5 Å². The van der Waals surface area contributed by atoms with Crippen LogP contribution in [-0.4, -0.2) is 40.3 Å². The van der Waals surface area contributed by atoms with Crippen molar-refractivity contribution in [2.45, 2.75) is 31.3 Å². The normalized spacial score (nSPS) is 25.1. The lowest BCUT2D eigenvalue weighted by Gasteiger charge is -2.26. The molecule has 1 unspecified atom stereocenters. The summed E-state index contributed by atoms with van der Waals surface area (Å²) in [5.41, 5.74) is 13.5. The Morgan fingerprint density at radius 2 is 2.33 bits per heavy atom. The van der Waals surface area contributed by atoms with Gasteiger partial charge >= 0.3 is 0 Å². The number of hydrogen-bond acceptors (Lipinski definition) is 5. The Morgan fingerprint density at radius 1 is 1.61 bits per heavy atom. The summed E-state index contributed by atoms with van der Waals surface area (Å²) in [5.74, 6) is -0.854. The fourth-order valence-corrected chi connectivity index (χ4v) is 2.99. The fraction of sp³-hybridized carbons (Fsp3) is 0.545. The molecule has 0 spiro atoms. The molecular formula is C11H16N4O2S. The Hall–Kier alpha value is -1.47. The molecule has 3 atom stereocenters. The first-order chi connectivity index (χ1) is 8.52. The van der Waals surface area contributed by atoms with Gasteiger partial charge in [-0.3, -0.25) is 9.59 Å². The second-order valence-corrected chi connectivity index (χ2v) is 5.19. The maximum absolute atomic E-state index is 12.0. The first-order valence-electron chi connectivity index (χ1n) is 5.76. The molecule has 2 rings (SSSR count). The van der Waals surface area contributed by atoms with Crippen molar-refractivity contribution in [2.75, 3.05) is 6.54 Å². The van der Waals surface area contributed by atoms with E-state index in [1.165, 1.54) is 16.2 Å². The zero-order valence-electron chi connectivity index (χ0n) is 10.1. The van der Waals surface area contributed by atoms with Gasteiger partial charge in [-0.05, 0) is 13.3 Å². The number of nitrogens with two attached hydrogens (primary N) is 2. The second-order valence-electron chi connectivity index (χ2n) is 4.48. The standard InChI is InChI=1S/C11H16N4O2S/c1-6(12)11(17)15-3-2-7(9(15)10(13)16)8-4-18-5-14-8/h4-7,9H,2-3,12H2,1H3,(H2,13,16)/t6-,7?,9-/m0/s1. The van der Waals surface area contributed by atoms with Gasteiger partial charge in [0.15, 0.2) is 0 Å². The lowest BCUT2D eigenvalue weighted by atomic mass is 9.97. The number of likely N-dealkylation sites (tertiary alicyclic amines) is 1. The summed E-state index contributed by atoms with van der Waals surface area (Å²) in [5, 5.41) is 1.89. The van der Waals surface area contributed by atoms with Crippen LogP contribution in [0.5, 0.6) is 0 Å². The highest BCUT2D eigenvalue weighted by molar-refractivity contribution is 7.07. The van der Waals surface area contributed by atoms with Crippen LogP contribution in [0.2, 0.25) is 0 Å². The van der Waals surface area contributed by atoms with E-state index in [0.717, 1.165) is 5.69 Å². The van der Waals surface area contributed by atoms with Crippen LogP contribution in [0.4, 0.5) is 0 Å². The van der Waals surface area contributed by atoms with Gasteiger partial charge in [-0.2, -0.15) is 0 Å². The lowest BCUT2D eigenvalue weighted by Crippen LogP contribution is -2.50. The molecular weight excluding hydrogens is 252 g/mol. The minimum absolute atomic E-state index is 0.114. The molecule has 1 aliphatic heterocycles. The van der Waals surface area contributed by atoms with E-state index in [2.05, 4.69) is 4.98 Å². The number of thiazole rings is 1. The van der Waals surface area contributed by atoms with Crippen LogP contribution >= 0.6 is 11.3 Å². The van der Waals surface area contributed by atoms with Crippen LogP contribution in [0.25, 0.3) is 0 Å². The number of nitrogens with zero attached hydrogens (tertiary/aromatic N) is 2. The Labute approximate surface area is 109 Å². The molecule has 98 valence electrons. The van der Waals surface area contributed by atoms with Gasteiger partial charge < -0.3 is 16.4 Å². The second kappa shape index (κ2) is 5.03. The molecule has 1 saturated heterocycles. The number of aromatic nitrogens is 1. The van der Waals surface area contributed by atoms with E-state index in [4.69, 9.17) is 11.5 Å². The topological polar surface area (TPSA) is 102 Å². The third kappa shape index (κ3) is 2.23. The molecule has 1 aromatic heterocycles. The van der Waals surface area contributed by atoms with Gasteiger partial charge in [-0.1, -0.05) is 0 Å². The molecule has 1 aliphatic rings. The maximum Gasteiger partial charge on any atom is 0.240 e. The molecule has 1 aromatic rings. The van der Waals surface area contributed by atoms with Crippen molar-refractivity contribution in [2.24, 2.45) is 11.5 Å². The van der Waals surface area contributed by atoms with E-state index < -0.39 is 18.0 Å². The van der Waals surface area contributed by atoms with E-state index in [1.54, 1.807) is 12.4 Å². The predicted molar refractivity (Wildman–Crippen MR) is 67.8 cm³/mol. The van der Waals surface area contributed by atoms with Crippen molar-refractivity contribution in [3.63, 3.8) is 0 Å². The van der Waals surface area contributed by atoms with Crippen LogP contribution in [0, 0.1) is 0 Å². The van der Waals surface area contributed by atoms with Gasteiger partial charge in [-0.15, -0.1) is 11.3 Å². The van der Waals surface area contributed by atoms with Gasteiger partial charge in [0.1, 0.15) is 6.04 Å². The molecule has 1 fully saturated rings. The van der Waals surface area contributed by atoms with E-state index in [1.807, 2.05) is 5.38 Å². The van der Waals surface area contributed by atoms with Crippen molar-refractivity contribution in [3.8, 4) is 0 Å². The number of rotatable bonds is 3. The molecule has 18 heavy (non-hydrogen) atoms. The first-order valence-corrected chi connectivity index (χ1v) is 6.70. The van der Waals surface area contributed by atoms with Gasteiger partial charge in [0.2, 0.25) is 11.8 Å². The Morgan fingerprint density at radius 3 is 2.83 bits per heavy atom. The minimum Gasteiger partial charge on any atom is -0.368 e. The van der Waals surface area contributed by atoms with Crippen molar-refractivity contribution in [3.05, 3.63) is 16.6 Å². The summed E-state index contributed by atoms with van der Waals surface area (Å²) in [6.45, 7) is 2.10. The van der Waals surface area contributed by atoms with Crippen LogP contribution in [0.3, 0.4) is 0 Å². The number of primary amides is 1. The molecule has 0 aromatic carbocycles. The van der Waals surface area contributed by atoms with Crippen molar-refractivity contribution in [1.82, 2.24) is 9.88 Å². The van der Waals surface area contributed by atoms with Crippen LogP contribution in [0.1, 0.15) is 25.0 Å².